The van der Waals surface area contributed by atoms with Crippen LogP contribution in [0.3, 0.4) is 0 Å². The van der Waals surface area contributed by atoms with Crippen molar-refractivity contribution in [2.75, 3.05) is 5.75 Å². The van der Waals surface area contributed by atoms with Gasteiger partial charge in [-0.25, -0.2) is 4.79 Å². The fourth-order valence-electron chi connectivity index (χ4n) is 10.4. The summed E-state index contributed by atoms with van der Waals surface area (Å²) >= 11 is 1.92. The van der Waals surface area contributed by atoms with Gasteiger partial charge in [0.25, 0.3) is 0 Å². The topological polar surface area (TPSA) is 104 Å². The Kier molecular flexibility index (Phi) is 6.95. The van der Waals surface area contributed by atoms with E-state index >= 15 is 0 Å². The van der Waals surface area contributed by atoms with Crippen molar-refractivity contribution < 1.29 is 24.3 Å². The number of carboxylic acids is 1. The Morgan fingerprint density at radius 1 is 1.15 bits per heavy atom. The zero-order valence-electron chi connectivity index (χ0n) is 23.6. The summed E-state index contributed by atoms with van der Waals surface area (Å²) < 4.78 is 0. The standard InChI is InChI=1S/C31H44N2O5S/c1-17(34)21-10-11-22-20-9-8-18-14-19(35)12-13-30(18,2)27(20)24(15-31(21,22)3)33-28-23(32-29(33)38)16-39-25(28)6-4-5-7-26(36)37/h14,20-25,27-28H,4-13,15-16H2,1-3H3,(H,32,38)(H,36,37)/t20-,21+,22-,23+,24?,25+,27+,28+,30-,31+/m0/s1. The first kappa shape index (κ1) is 27.3. The van der Waals surface area contributed by atoms with Crippen molar-refractivity contribution in [3.8, 4) is 0 Å². The van der Waals surface area contributed by atoms with Crippen LogP contribution in [0.25, 0.3) is 0 Å². The average molecular weight is 557 g/mol. The van der Waals surface area contributed by atoms with E-state index in [-0.39, 0.29) is 59.0 Å². The van der Waals surface area contributed by atoms with Crippen molar-refractivity contribution in [3.63, 3.8) is 0 Å². The second-order valence-electron chi connectivity index (χ2n) is 13.9. The van der Waals surface area contributed by atoms with Crippen LogP contribution in [0, 0.1) is 34.5 Å². The number of aliphatic carboxylic acids is 1. The van der Waals surface area contributed by atoms with Crippen molar-refractivity contribution in [3.05, 3.63) is 11.6 Å². The van der Waals surface area contributed by atoms with Crippen molar-refractivity contribution in [2.24, 2.45) is 34.5 Å². The molecule has 2 aliphatic heterocycles. The number of unbranched alkanes of at least 4 members (excludes halogenated alkanes) is 1. The summed E-state index contributed by atoms with van der Waals surface area (Å²) in [5.41, 5.74) is 1.08. The number of carbonyl (C=O) groups is 4. The number of Topliss-reactive ketones (excluding diaryl/α,β-unsaturated/α-hetero) is 1. The summed E-state index contributed by atoms with van der Waals surface area (Å²) in [6, 6.07) is 0.282. The molecule has 0 aromatic rings. The van der Waals surface area contributed by atoms with Crippen LogP contribution >= 0.6 is 11.8 Å². The van der Waals surface area contributed by atoms with Crippen molar-refractivity contribution in [1.82, 2.24) is 10.2 Å². The fraction of sp³-hybridized carbons (Fsp3) is 0.806. The molecule has 4 aliphatic carbocycles. The van der Waals surface area contributed by atoms with Crippen LogP contribution in [0.15, 0.2) is 11.6 Å². The van der Waals surface area contributed by atoms with Crippen LogP contribution in [-0.2, 0) is 14.4 Å². The molecule has 0 bridgehead atoms. The third-order valence-electron chi connectivity index (χ3n) is 12.0. The Morgan fingerprint density at radius 2 is 1.95 bits per heavy atom. The van der Waals surface area contributed by atoms with Gasteiger partial charge in [-0.05, 0) is 93.0 Å². The predicted octanol–water partition coefficient (Wildman–Crippen LogP) is 5.22. The van der Waals surface area contributed by atoms with Gasteiger partial charge in [-0.15, -0.1) is 0 Å². The van der Waals surface area contributed by atoms with Gasteiger partial charge in [-0.3, -0.25) is 14.4 Å². The Bertz CT molecular complexity index is 1110. The van der Waals surface area contributed by atoms with E-state index in [0.29, 0.717) is 35.7 Å². The molecule has 2 N–H and O–H groups in total. The third kappa shape index (κ3) is 4.29. The first-order chi connectivity index (χ1) is 18.5. The van der Waals surface area contributed by atoms with E-state index in [2.05, 4.69) is 24.1 Å². The summed E-state index contributed by atoms with van der Waals surface area (Å²) in [6.07, 6.45) is 10.9. The number of thioether (sulfide) groups is 1. The molecule has 5 fully saturated rings. The van der Waals surface area contributed by atoms with Crippen LogP contribution in [0.5, 0.6) is 0 Å². The van der Waals surface area contributed by atoms with Crippen LogP contribution in [-0.4, -0.2) is 62.7 Å². The maximum atomic E-state index is 13.8. The molecule has 8 heteroatoms. The summed E-state index contributed by atoms with van der Waals surface area (Å²) in [7, 11) is 0. The van der Waals surface area contributed by atoms with E-state index in [1.165, 1.54) is 5.57 Å². The molecular formula is C31H44N2O5S. The SMILES string of the molecule is CC(=O)[C@H]1CC[C@H]2[C@@H]3CCC4=CC(=O)CC[C@]4(C)[C@H]3C(N3C(=O)N[C@@H]4CS[C@H](CCCCC(=O)O)[C@@H]43)C[C@]12C. The zero-order valence-corrected chi connectivity index (χ0v) is 24.4. The number of hydrogen-bond donors (Lipinski definition) is 2. The summed E-state index contributed by atoms with van der Waals surface area (Å²) in [6.45, 7) is 6.47. The largest absolute Gasteiger partial charge is 0.481 e. The highest BCUT2D eigenvalue weighted by Gasteiger charge is 2.66. The molecule has 2 saturated heterocycles. The number of rotatable bonds is 7. The molecule has 0 spiro atoms. The predicted molar refractivity (Wildman–Crippen MR) is 150 cm³/mol. The summed E-state index contributed by atoms with van der Waals surface area (Å²) in [4.78, 5) is 52.6. The number of amides is 2. The van der Waals surface area contributed by atoms with Crippen LogP contribution in [0.4, 0.5) is 4.79 Å². The smallest absolute Gasteiger partial charge is 0.318 e. The number of urea groups is 1. The van der Waals surface area contributed by atoms with Crippen molar-refractivity contribution in [2.45, 2.75) is 115 Å². The van der Waals surface area contributed by atoms with E-state index < -0.39 is 5.97 Å². The minimum atomic E-state index is -0.751. The molecule has 6 rings (SSSR count). The maximum absolute atomic E-state index is 13.8. The van der Waals surface area contributed by atoms with Crippen molar-refractivity contribution in [1.29, 1.82) is 0 Å². The summed E-state index contributed by atoms with van der Waals surface area (Å²) in [5, 5.41) is 12.7. The van der Waals surface area contributed by atoms with Crippen LogP contribution in [0.1, 0.15) is 91.4 Å². The van der Waals surface area contributed by atoms with Gasteiger partial charge in [-0.2, -0.15) is 11.8 Å². The van der Waals surface area contributed by atoms with Crippen LogP contribution < -0.4 is 5.32 Å². The van der Waals surface area contributed by atoms with Gasteiger partial charge >= 0.3 is 12.0 Å². The number of fused-ring (bicyclic) bond motifs is 6. The van der Waals surface area contributed by atoms with Crippen LogP contribution in [0.2, 0.25) is 0 Å². The molecule has 10 atom stereocenters. The van der Waals surface area contributed by atoms with Gasteiger partial charge in [-0.1, -0.05) is 25.8 Å². The third-order valence-corrected chi connectivity index (χ3v) is 13.5. The molecule has 6 aliphatic rings. The van der Waals surface area contributed by atoms with Gasteiger partial charge in [0, 0.05) is 35.8 Å². The van der Waals surface area contributed by atoms with Gasteiger partial charge in [0.1, 0.15) is 5.78 Å². The Labute approximate surface area is 236 Å². The number of carboxylic acid groups (broad SMARTS) is 1. The highest BCUT2D eigenvalue weighted by Crippen LogP contribution is 2.68. The van der Waals surface area contributed by atoms with E-state index in [1.807, 2.05) is 17.8 Å². The lowest BCUT2D eigenvalue weighted by atomic mass is 9.45. The van der Waals surface area contributed by atoms with E-state index in [4.69, 9.17) is 5.11 Å². The first-order valence-electron chi connectivity index (χ1n) is 15.2. The number of hydrogen-bond acceptors (Lipinski definition) is 5. The van der Waals surface area contributed by atoms with Gasteiger partial charge in [0.2, 0.25) is 0 Å². The highest BCUT2D eigenvalue weighted by atomic mass is 32.2. The first-order valence-corrected chi connectivity index (χ1v) is 16.3. The van der Waals surface area contributed by atoms with E-state index in [1.54, 1.807) is 6.92 Å². The maximum Gasteiger partial charge on any atom is 0.318 e. The molecular weight excluding hydrogens is 512 g/mol. The molecule has 1 unspecified atom stereocenters. The number of nitrogens with zero attached hydrogens (tertiary/aromatic N) is 1. The Balaban J connectivity index is 1.37. The second-order valence-corrected chi connectivity index (χ2v) is 15.1. The number of ketones is 2. The molecule has 214 valence electrons. The monoisotopic (exact) mass is 556 g/mol. The quantitative estimate of drug-likeness (QED) is 0.329. The Morgan fingerprint density at radius 3 is 2.69 bits per heavy atom. The van der Waals surface area contributed by atoms with Crippen molar-refractivity contribution >= 4 is 35.3 Å². The van der Waals surface area contributed by atoms with Gasteiger partial charge in [0.05, 0.1) is 12.1 Å². The van der Waals surface area contributed by atoms with E-state index in [9.17, 15) is 19.2 Å². The fourth-order valence-corrected chi connectivity index (χ4v) is 12.0. The molecule has 39 heavy (non-hydrogen) atoms. The number of allylic oxidation sites excluding steroid dienone is 1. The number of nitrogens with one attached hydrogen (secondary N) is 1. The molecule has 7 nitrogen and oxygen atoms in total. The van der Waals surface area contributed by atoms with E-state index in [0.717, 1.165) is 57.1 Å². The molecule has 0 radical (unpaired) electrons. The highest BCUT2D eigenvalue weighted by molar-refractivity contribution is 8.00. The average Bonchev–Trinajstić information content (AvgIpc) is 3.52. The van der Waals surface area contributed by atoms with Gasteiger partial charge < -0.3 is 15.3 Å². The summed E-state index contributed by atoms with van der Waals surface area (Å²) in [5.74, 6) is 1.94. The molecule has 0 aromatic carbocycles. The molecule has 2 amide bonds. The minimum absolute atomic E-state index is 0.0355. The Hall–Kier alpha value is -1.83. The minimum Gasteiger partial charge on any atom is -0.481 e. The lowest BCUT2D eigenvalue weighted by Crippen LogP contribution is -2.63. The van der Waals surface area contributed by atoms with Gasteiger partial charge in [0.15, 0.2) is 5.78 Å². The lowest BCUT2D eigenvalue weighted by Gasteiger charge is -2.62. The number of carbonyl (C=O) groups excluding carboxylic acids is 3. The lowest BCUT2D eigenvalue weighted by molar-refractivity contribution is -0.137. The second kappa shape index (κ2) is 9.92. The molecule has 3 saturated carbocycles. The normalized spacial score (nSPS) is 44.7. The molecule has 2 heterocycles. The zero-order chi connectivity index (χ0) is 27.7. The molecule has 0 aromatic heterocycles.